The highest BCUT2D eigenvalue weighted by Gasteiger charge is 2.34. The van der Waals surface area contributed by atoms with Gasteiger partial charge >= 0.3 is 0 Å². The third-order valence-electron chi connectivity index (χ3n) is 3.16. The zero-order valence-electron chi connectivity index (χ0n) is 11.8. The van der Waals surface area contributed by atoms with Crippen LogP contribution in [-0.4, -0.2) is 16.4 Å². The fourth-order valence-corrected chi connectivity index (χ4v) is 5.24. The van der Waals surface area contributed by atoms with Gasteiger partial charge in [-0.05, 0) is 29.2 Å². The molecule has 0 bridgehead atoms. The molecule has 0 N–H and O–H groups in total. The van der Waals surface area contributed by atoms with Gasteiger partial charge in [0, 0.05) is 6.61 Å². The van der Waals surface area contributed by atoms with E-state index >= 15 is 0 Å². The van der Waals surface area contributed by atoms with E-state index in [1.54, 1.807) is 0 Å². The molecule has 0 rings (SSSR count). The first kappa shape index (κ1) is 15.2. The van der Waals surface area contributed by atoms with E-state index in [2.05, 4.69) is 48.5 Å². The van der Waals surface area contributed by atoms with Crippen LogP contribution < -0.4 is 0 Å². The van der Waals surface area contributed by atoms with Crippen LogP contribution in [-0.2, 0) is 4.43 Å². The monoisotopic (exact) mass is 230 g/mol. The van der Waals surface area contributed by atoms with Crippen molar-refractivity contribution in [3.63, 3.8) is 0 Å². The Morgan fingerprint density at radius 3 is 1.87 bits per heavy atom. The van der Waals surface area contributed by atoms with Crippen LogP contribution in [0.5, 0.6) is 0 Å². The van der Waals surface area contributed by atoms with Gasteiger partial charge in [0.2, 0.25) is 0 Å². The van der Waals surface area contributed by atoms with Gasteiger partial charge in [-0.3, -0.25) is 0 Å². The van der Waals surface area contributed by atoms with E-state index in [4.69, 9.17) is 4.43 Å². The Bertz CT molecular complexity index is 156. The van der Waals surface area contributed by atoms with Crippen molar-refractivity contribution in [1.82, 2.24) is 0 Å². The zero-order valence-corrected chi connectivity index (χ0v) is 13.2. The van der Waals surface area contributed by atoms with Crippen molar-refractivity contribution in [2.75, 3.05) is 6.61 Å². The van der Waals surface area contributed by atoms with Crippen LogP contribution in [0, 0.1) is 17.8 Å². The molecule has 0 aromatic carbocycles. The Morgan fingerprint density at radius 2 is 1.53 bits per heavy atom. The van der Waals surface area contributed by atoms with Gasteiger partial charge in [0.25, 0.3) is 0 Å². The topological polar surface area (TPSA) is 9.23 Å². The van der Waals surface area contributed by atoms with Gasteiger partial charge in [0.05, 0.1) is 0 Å². The molecular formula is C13H30OSi. The maximum atomic E-state index is 5.87. The molecule has 0 aliphatic rings. The lowest BCUT2D eigenvalue weighted by molar-refractivity contribution is 0.199. The molecule has 1 nitrogen and oxygen atoms in total. The van der Waals surface area contributed by atoms with Crippen LogP contribution in [0.3, 0.4) is 0 Å². The van der Waals surface area contributed by atoms with E-state index in [0.717, 1.165) is 30.8 Å². The lowest BCUT2D eigenvalue weighted by Crippen LogP contribution is -2.33. The summed E-state index contributed by atoms with van der Waals surface area (Å²) in [5.74, 6) is 2.32. The molecule has 0 radical (unpaired) electrons. The van der Waals surface area contributed by atoms with E-state index in [1.807, 2.05) is 0 Å². The second kappa shape index (κ2) is 6.69. The van der Waals surface area contributed by atoms with Gasteiger partial charge in [-0.25, -0.2) is 0 Å². The van der Waals surface area contributed by atoms with E-state index in [1.165, 1.54) is 0 Å². The van der Waals surface area contributed by atoms with E-state index in [9.17, 15) is 0 Å². The van der Waals surface area contributed by atoms with Gasteiger partial charge in [0.1, 0.15) is 0 Å². The van der Waals surface area contributed by atoms with Crippen molar-refractivity contribution < 1.29 is 4.43 Å². The average molecular weight is 230 g/mol. The minimum Gasteiger partial charge on any atom is -0.423 e. The first-order valence-corrected chi connectivity index (χ1v) is 7.69. The fourth-order valence-electron chi connectivity index (χ4n) is 3.15. The third-order valence-corrected chi connectivity index (χ3v) is 4.87. The molecule has 0 aromatic heterocycles. The van der Waals surface area contributed by atoms with Gasteiger partial charge in [-0.15, -0.1) is 0 Å². The predicted octanol–water partition coefficient (Wildman–Crippen LogP) is 3.62. The molecule has 0 spiro atoms. The Balaban J connectivity index is 4.36. The summed E-state index contributed by atoms with van der Waals surface area (Å²) in [5, 5.41) is 0.428. The molecule has 0 fully saturated rings. The van der Waals surface area contributed by atoms with E-state index < -0.39 is 9.76 Å². The highest BCUT2D eigenvalue weighted by molar-refractivity contribution is 6.32. The lowest BCUT2D eigenvalue weighted by atomic mass is 9.77. The number of hydrogen-bond donors (Lipinski definition) is 0. The largest absolute Gasteiger partial charge is 0.423 e. The van der Waals surface area contributed by atoms with Crippen LogP contribution >= 0.6 is 0 Å². The minimum atomic E-state index is -0.405. The standard InChI is InChI=1S/C13H30OSi/c1-8-9-14-15-13(6,7)12(10(2)3)11(4)5/h10-12H,8-9,15H2,1-7H3. The van der Waals surface area contributed by atoms with Crippen molar-refractivity contribution >= 4 is 9.76 Å². The maximum absolute atomic E-state index is 5.87. The highest BCUT2D eigenvalue weighted by atomic mass is 28.2. The normalized spacial score (nSPS) is 14.0. The van der Waals surface area contributed by atoms with Crippen LogP contribution in [0.1, 0.15) is 54.9 Å². The smallest absolute Gasteiger partial charge is 0.167 e. The highest BCUT2D eigenvalue weighted by Crippen LogP contribution is 2.43. The Hall–Kier alpha value is 0.177. The molecule has 0 saturated carbocycles. The summed E-state index contributed by atoms with van der Waals surface area (Å²) in [5.41, 5.74) is 0. The minimum absolute atomic E-state index is 0.405. The Labute approximate surface area is 98.9 Å². The first-order chi connectivity index (χ1) is 6.83. The molecule has 0 aliphatic carbocycles. The molecule has 0 heterocycles. The van der Waals surface area contributed by atoms with Crippen molar-refractivity contribution in [3.05, 3.63) is 0 Å². The Kier molecular flexibility index (Phi) is 6.77. The maximum Gasteiger partial charge on any atom is 0.167 e. The van der Waals surface area contributed by atoms with Gasteiger partial charge in [0.15, 0.2) is 9.76 Å². The van der Waals surface area contributed by atoms with Gasteiger partial charge < -0.3 is 4.43 Å². The van der Waals surface area contributed by atoms with Crippen LogP contribution in [0.15, 0.2) is 0 Å². The second-order valence-corrected chi connectivity index (χ2v) is 8.57. The molecule has 2 heteroatoms. The van der Waals surface area contributed by atoms with Gasteiger partial charge in [-0.1, -0.05) is 48.5 Å². The zero-order chi connectivity index (χ0) is 12.1. The molecule has 0 aliphatic heterocycles. The number of rotatable bonds is 7. The molecule has 0 amide bonds. The summed E-state index contributed by atoms with van der Waals surface area (Å²) >= 11 is 0. The van der Waals surface area contributed by atoms with Crippen LogP contribution in [0.4, 0.5) is 0 Å². The molecule has 0 unspecified atom stereocenters. The SMILES string of the molecule is CCCO[SiH2]C(C)(C)C(C(C)C)C(C)C. The van der Waals surface area contributed by atoms with Crippen molar-refractivity contribution in [1.29, 1.82) is 0 Å². The molecule has 0 atom stereocenters. The average Bonchev–Trinajstić information content (AvgIpc) is 2.01. The second-order valence-electron chi connectivity index (χ2n) is 6.05. The third kappa shape index (κ3) is 5.16. The summed E-state index contributed by atoms with van der Waals surface area (Å²) in [6.45, 7) is 17.3. The van der Waals surface area contributed by atoms with Crippen molar-refractivity contribution in [2.24, 2.45) is 17.8 Å². The molecule has 15 heavy (non-hydrogen) atoms. The van der Waals surface area contributed by atoms with Gasteiger partial charge in [-0.2, -0.15) is 0 Å². The predicted molar refractivity (Wildman–Crippen MR) is 72.0 cm³/mol. The summed E-state index contributed by atoms with van der Waals surface area (Å²) in [4.78, 5) is 0. The van der Waals surface area contributed by atoms with Crippen molar-refractivity contribution in [2.45, 2.75) is 59.9 Å². The molecular weight excluding hydrogens is 200 g/mol. The molecule has 0 saturated heterocycles. The quantitative estimate of drug-likeness (QED) is 0.479. The first-order valence-electron chi connectivity index (χ1n) is 6.40. The summed E-state index contributed by atoms with van der Waals surface area (Å²) < 4.78 is 5.87. The van der Waals surface area contributed by atoms with Crippen LogP contribution in [0.25, 0.3) is 0 Å². The fraction of sp³-hybridized carbons (Fsp3) is 1.00. The van der Waals surface area contributed by atoms with Crippen molar-refractivity contribution in [3.8, 4) is 0 Å². The lowest BCUT2D eigenvalue weighted by Gasteiger charge is -2.39. The number of hydrogen-bond acceptors (Lipinski definition) is 1. The van der Waals surface area contributed by atoms with Crippen LogP contribution in [0.2, 0.25) is 5.04 Å². The van der Waals surface area contributed by atoms with E-state index in [0.29, 0.717) is 5.04 Å². The summed E-state index contributed by atoms with van der Waals surface area (Å²) in [6.07, 6.45) is 1.15. The Morgan fingerprint density at radius 1 is 1.07 bits per heavy atom. The molecule has 92 valence electrons. The molecule has 0 aromatic rings. The summed E-state index contributed by atoms with van der Waals surface area (Å²) in [7, 11) is -0.405. The summed E-state index contributed by atoms with van der Waals surface area (Å²) in [6, 6.07) is 0. The van der Waals surface area contributed by atoms with E-state index in [-0.39, 0.29) is 0 Å².